The molecule has 2 aromatic rings. The number of likely N-dealkylation sites (tertiary alicyclic amines) is 1. The first-order valence-corrected chi connectivity index (χ1v) is 10.7. The number of amides is 1. The Morgan fingerprint density at radius 3 is 2.56 bits per heavy atom. The van der Waals surface area contributed by atoms with Gasteiger partial charge in [0.1, 0.15) is 34.7 Å². The Bertz CT molecular complexity index is 988. The largest absolute Gasteiger partial charge is 0.494 e. The lowest BCUT2D eigenvalue weighted by atomic mass is 10.2. The Labute approximate surface area is 188 Å². The second kappa shape index (κ2) is 9.58. The molecule has 0 unspecified atom stereocenters. The Kier molecular flexibility index (Phi) is 7.06. The summed E-state index contributed by atoms with van der Waals surface area (Å²) in [5.41, 5.74) is 1.34. The Hall–Kier alpha value is -3.10. The van der Waals surface area contributed by atoms with Crippen LogP contribution in [0.5, 0.6) is 11.6 Å². The number of fused-ring (bicyclic) bond motifs is 1. The van der Waals surface area contributed by atoms with Crippen molar-refractivity contribution in [3.8, 4) is 11.6 Å². The molecule has 2 atom stereocenters. The first kappa shape index (κ1) is 23.6. The number of methoxy groups -OCH3 is 2. The van der Waals surface area contributed by atoms with Crippen molar-refractivity contribution in [1.29, 1.82) is 0 Å². The summed E-state index contributed by atoms with van der Waals surface area (Å²) < 4.78 is 22.0. The predicted molar refractivity (Wildman–Crippen MR) is 118 cm³/mol. The van der Waals surface area contributed by atoms with E-state index in [2.05, 4.69) is 4.98 Å². The number of nitrogens with zero attached hydrogens (tertiary/aromatic N) is 3. The molecule has 1 fully saturated rings. The fourth-order valence-electron chi connectivity index (χ4n) is 3.65. The molecule has 1 saturated heterocycles. The number of carbonyl (C=O) groups excluding carboxylic acids is 2. The van der Waals surface area contributed by atoms with Crippen molar-refractivity contribution in [3.05, 3.63) is 23.9 Å². The minimum atomic E-state index is -0.794. The zero-order valence-electron chi connectivity index (χ0n) is 19.5. The van der Waals surface area contributed by atoms with Crippen LogP contribution in [-0.2, 0) is 20.7 Å². The lowest BCUT2D eigenvalue weighted by molar-refractivity contribution is -0.145. The highest BCUT2D eigenvalue weighted by Gasteiger charge is 2.43. The van der Waals surface area contributed by atoms with E-state index in [1.165, 1.54) is 12.0 Å². The van der Waals surface area contributed by atoms with E-state index in [0.717, 1.165) is 17.6 Å². The summed E-state index contributed by atoms with van der Waals surface area (Å²) in [6, 6.07) is 4.76. The highest BCUT2D eigenvalue weighted by Crippen LogP contribution is 2.30. The molecule has 0 aliphatic carbocycles. The summed E-state index contributed by atoms with van der Waals surface area (Å²) in [5.74, 6) is 0.461. The van der Waals surface area contributed by atoms with Crippen molar-refractivity contribution in [2.45, 2.75) is 64.7 Å². The monoisotopic (exact) mass is 445 g/mol. The van der Waals surface area contributed by atoms with Gasteiger partial charge in [0.05, 0.1) is 26.3 Å². The molecule has 0 N–H and O–H groups in total. The van der Waals surface area contributed by atoms with Crippen LogP contribution in [0.1, 0.15) is 46.2 Å². The fraction of sp³-hybridized carbons (Fsp3) is 0.565. The smallest absolute Gasteiger partial charge is 0.411 e. The van der Waals surface area contributed by atoms with E-state index >= 15 is 0 Å². The molecule has 1 aliphatic rings. The number of hydrogen-bond donors (Lipinski definition) is 0. The van der Waals surface area contributed by atoms with E-state index in [-0.39, 0.29) is 13.0 Å². The van der Waals surface area contributed by atoms with Crippen LogP contribution in [0.2, 0.25) is 0 Å². The van der Waals surface area contributed by atoms with Gasteiger partial charge in [-0.25, -0.2) is 19.6 Å². The van der Waals surface area contributed by atoms with Gasteiger partial charge in [-0.15, -0.1) is 0 Å². The molecule has 0 bridgehead atoms. The molecule has 32 heavy (non-hydrogen) atoms. The number of rotatable bonds is 6. The van der Waals surface area contributed by atoms with Crippen LogP contribution in [-0.4, -0.2) is 65.4 Å². The standard InChI is InChI=1S/C23H31N3O6/c1-7-9-16-20(25-19-15(24-16)10-8-11-18(19)29-5)31-14-12-17(21(27)30-6)26(13-14)22(28)32-23(2,3)4/h8,10-11,14,17H,7,9,12-13H2,1-6H3/t14-,17+/m1/s1. The van der Waals surface area contributed by atoms with Crippen LogP contribution >= 0.6 is 0 Å². The highest BCUT2D eigenvalue weighted by atomic mass is 16.6. The number of benzene rings is 1. The van der Waals surface area contributed by atoms with E-state index in [9.17, 15) is 9.59 Å². The summed E-state index contributed by atoms with van der Waals surface area (Å²) in [5, 5.41) is 0. The quantitative estimate of drug-likeness (QED) is 0.623. The van der Waals surface area contributed by atoms with Gasteiger partial charge in [-0.05, 0) is 39.3 Å². The molecular weight excluding hydrogens is 414 g/mol. The molecule has 1 aromatic heterocycles. The molecule has 3 rings (SSSR count). The number of ether oxygens (including phenoxy) is 4. The van der Waals surface area contributed by atoms with Crippen molar-refractivity contribution >= 4 is 23.1 Å². The summed E-state index contributed by atoms with van der Waals surface area (Å²) in [6.45, 7) is 7.55. The number of para-hydroxylation sites is 1. The van der Waals surface area contributed by atoms with Crippen LogP contribution in [0.25, 0.3) is 11.0 Å². The first-order valence-electron chi connectivity index (χ1n) is 10.7. The lowest BCUT2D eigenvalue weighted by Gasteiger charge is -2.27. The lowest BCUT2D eigenvalue weighted by Crippen LogP contribution is -2.44. The SMILES string of the molecule is CCCc1nc2cccc(OC)c2nc1O[C@@H]1C[C@@H](C(=O)OC)N(C(=O)OC(C)(C)C)C1. The first-order chi connectivity index (χ1) is 15.2. The highest BCUT2D eigenvalue weighted by molar-refractivity contribution is 5.83. The molecule has 0 radical (unpaired) electrons. The summed E-state index contributed by atoms with van der Waals surface area (Å²) in [6.07, 6.45) is 0.754. The van der Waals surface area contributed by atoms with Crippen molar-refractivity contribution in [2.75, 3.05) is 20.8 Å². The summed E-state index contributed by atoms with van der Waals surface area (Å²) >= 11 is 0. The van der Waals surface area contributed by atoms with Gasteiger partial charge in [-0.1, -0.05) is 19.4 Å². The molecule has 0 saturated carbocycles. The number of hydrogen-bond acceptors (Lipinski definition) is 8. The van der Waals surface area contributed by atoms with Crippen LogP contribution in [0.15, 0.2) is 18.2 Å². The number of aromatic nitrogens is 2. The summed E-state index contributed by atoms with van der Waals surface area (Å²) in [4.78, 5) is 35.8. The molecule has 9 heteroatoms. The third-order valence-corrected chi connectivity index (χ3v) is 5.04. The van der Waals surface area contributed by atoms with Crippen LogP contribution in [0, 0.1) is 0 Å². The van der Waals surface area contributed by atoms with Crippen molar-refractivity contribution in [2.24, 2.45) is 0 Å². The van der Waals surface area contributed by atoms with Crippen LogP contribution in [0.3, 0.4) is 0 Å². The molecule has 1 aliphatic heterocycles. The number of carbonyl (C=O) groups is 2. The predicted octanol–water partition coefficient (Wildman–Crippen LogP) is 3.52. The van der Waals surface area contributed by atoms with Gasteiger partial charge in [-0.3, -0.25) is 4.90 Å². The fourth-order valence-corrected chi connectivity index (χ4v) is 3.65. The zero-order chi connectivity index (χ0) is 23.5. The van der Waals surface area contributed by atoms with Gasteiger partial charge in [0.25, 0.3) is 0 Å². The van der Waals surface area contributed by atoms with Crippen molar-refractivity contribution < 1.29 is 28.5 Å². The van der Waals surface area contributed by atoms with E-state index in [1.807, 2.05) is 25.1 Å². The summed E-state index contributed by atoms with van der Waals surface area (Å²) in [7, 11) is 2.87. The Morgan fingerprint density at radius 2 is 1.94 bits per heavy atom. The average Bonchev–Trinajstić information content (AvgIpc) is 3.16. The maximum Gasteiger partial charge on any atom is 0.411 e. The number of esters is 1. The second-order valence-electron chi connectivity index (χ2n) is 8.70. The zero-order valence-corrected chi connectivity index (χ0v) is 19.5. The molecule has 2 heterocycles. The second-order valence-corrected chi connectivity index (χ2v) is 8.70. The van der Waals surface area contributed by atoms with Gasteiger partial charge in [0.2, 0.25) is 5.88 Å². The third-order valence-electron chi connectivity index (χ3n) is 5.04. The van der Waals surface area contributed by atoms with Gasteiger partial charge < -0.3 is 18.9 Å². The molecule has 174 valence electrons. The molecule has 1 amide bonds. The minimum absolute atomic E-state index is 0.173. The van der Waals surface area contributed by atoms with Gasteiger partial charge in [-0.2, -0.15) is 0 Å². The van der Waals surface area contributed by atoms with Crippen LogP contribution in [0.4, 0.5) is 4.79 Å². The Morgan fingerprint density at radius 1 is 1.19 bits per heavy atom. The maximum absolute atomic E-state index is 12.7. The van der Waals surface area contributed by atoms with Crippen molar-refractivity contribution in [3.63, 3.8) is 0 Å². The number of aryl methyl sites for hydroxylation is 1. The Balaban J connectivity index is 1.90. The van der Waals surface area contributed by atoms with Crippen LogP contribution < -0.4 is 9.47 Å². The van der Waals surface area contributed by atoms with E-state index < -0.39 is 29.8 Å². The van der Waals surface area contributed by atoms with E-state index in [1.54, 1.807) is 27.9 Å². The maximum atomic E-state index is 12.7. The molecule has 0 spiro atoms. The van der Waals surface area contributed by atoms with E-state index in [4.69, 9.17) is 23.9 Å². The topological polar surface area (TPSA) is 100 Å². The molecule has 9 nitrogen and oxygen atoms in total. The van der Waals surface area contributed by atoms with Gasteiger partial charge >= 0.3 is 12.1 Å². The normalized spacial score (nSPS) is 18.5. The van der Waals surface area contributed by atoms with Gasteiger partial charge in [0.15, 0.2) is 0 Å². The van der Waals surface area contributed by atoms with Gasteiger partial charge in [0, 0.05) is 6.42 Å². The average molecular weight is 446 g/mol. The minimum Gasteiger partial charge on any atom is -0.494 e. The van der Waals surface area contributed by atoms with Crippen molar-refractivity contribution in [1.82, 2.24) is 14.9 Å². The molecular formula is C23H31N3O6. The van der Waals surface area contributed by atoms with E-state index in [0.29, 0.717) is 23.6 Å². The molecule has 1 aromatic carbocycles. The third kappa shape index (κ3) is 5.20.